The highest BCUT2D eigenvalue weighted by atomic mass is 16.5. The third-order valence-corrected chi connectivity index (χ3v) is 3.06. The summed E-state index contributed by atoms with van der Waals surface area (Å²) in [4.78, 5) is 0. The van der Waals surface area contributed by atoms with Gasteiger partial charge in [-0.1, -0.05) is 5.21 Å². The van der Waals surface area contributed by atoms with Gasteiger partial charge in [0.2, 0.25) is 0 Å². The van der Waals surface area contributed by atoms with Crippen molar-refractivity contribution in [3.63, 3.8) is 0 Å². The van der Waals surface area contributed by atoms with E-state index in [1.807, 2.05) is 13.2 Å². The number of nitrogens with one attached hydrogen (secondary N) is 1. The number of hydrogen-bond acceptors (Lipinski definition) is 5. The lowest BCUT2D eigenvalue weighted by molar-refractivity contribution is 0.0392. The molecule has 2 rings (SSSR count). The molecule has 1 aromatic heterocycles. The van der Waals surface area contributed by atoms with Crippen LogP contribution in [-0.4, -0.2) is 34.2 Å². The van der Waals surface area contributed by atoms with Gasteiger partial charge in [0.05, 0.1) is 12.3 Å². The van der Waals surface area contributed by atoms with Crippen LogP contribution in [0.15, 0.2) is 6.20 Å². The highest BCUT2D eigenvalue weighted by Gasteiger charge is 2.24. The summed E-state index contributed by atoms with van der Waals surface area (Å²) in [7, 11) is 1.87. The van der Waals surface area contributed by atoms with Gasteiger partial charge in [0.1, 0.15) is 0 Å². The van der Waals surface area contributed by atoms with Gasteiger partial charge in [0.15, 0.2) is 0 Å². The first-order chi connectivity index (χ1) is 7.79. The Bertz CT molecular complexity index is 321. The van der Waals surface area contributed by atoms with Gasteiger partial charge in [-0.2, -0.15) is 0 Å². The van der Waals surface area contributed by atoms with Gasteiger partial charge in [0, 0.05) is 32.3 Å². The largest absolute Gasteiger partial charge is 0.381 e. The van der Waals surface area contributed by atoms with Crippen LogP contribution < -0.4 is 11.3 Å². The van der Waals surface area contributed by atoms with Crippen molar-refractivity contribution in [2.45, 2.75) is 25.3 Å². The summed E-state index contributed by atoms with van der Waals surface area (Å²) in [5, 5.41) is 7.99. The van der Waals surface area contributed by atoms with Crippen LogP contribution >= 0.6 is 0 Å². The zero-order valence-corrected chi connectivity index (χ0v) is 9.59. The van der Waals surface area contributed by atoms with Crippen molar-refractivity contribution in [2.75, 3.05) is 13.2 Å². The van der Waals surface area contributed by atoms with Gasteiger partial charge in [-0.15, -0.1) is 5.10 Å². The van der Waals surface area contributed by atoms with E-state index in [9.17, 15) is 0 Å². The zero-order chi connectivity index (χ0) is 11.4. The Kier molecular flexibility index (Phi) is 3.87. The van der Waals surface area contributed by atoms with Crippen LogP contribution in [0.3, 0.4) is 0 Å². The Morgan fingerprint density at radius 3 is 3.19 bits per heavy atom. The maximum atomic E-state index is 5.60. The standard InChI is InChI=1S/C10H19N5O/c1-15-6-9(13-14-15)5-10(12-11)8-3-2-4-16-7-8/h6,8,10,12H,2-5,7,11H2,1H3. The van der Waals surface area contributed by atoms with Crippen LogP contribution in [0, 0.1) is 5.92 Å². The van der Waals surface area contributed by atoms with Gasteiger partial charge in [-0.3, -0.25) is 16.0 Å². The summed E-state index contributed by atoms with van der Waals surface area (Å²) >= 11 is 0. The van der Waals surface area contributed by atoms with Gasteiger partial charge in [0.25, 0.3) is 0 Å². The molecule has 0 aliphatic carbocycles. The number of hydrazine groups is 1. The second-order valence-corrected chi connectivity index (χ2v) is 4.34. The van der Waals surface area contributed by atoms with Crippen molar-refractivity contribution in [1.29, 1.82) is 0 Å². The fourth-order valence-electron chi connectivity index (χ4n) is 2.16. The van der Waals surface area contributed by atoms with E-state index in [2.05, 4.69) is 15.7 Å². The average molecular weight is 225 g/mol. The summed E-state index contributed by atoms with van der Waals surface area (Å²) in [6, 6.07) is 0.219. The van der Waals surface area contributed by atoms with Gasteiger partial charge < -0.3 is 4.74 Å². The molecule has 0 bridgehead atoms. The van der Waals surface area contributed by atoms with E-state index >= 15 is 0 Å². The summed E-state index contributed by atoms with van der Waals surface area (Å²) in [6.07, 6.45) is 5.00. The lowest BCUT2D eigenvalue weighted by Crippen LogP contribution is -2.45. The molecule has 1 aliphatic rings. The first-order valence-electron chi connectivity index (χ1n) is 5.68. The molecule has 2 heterocycles. The predicted molar refractivity (Wildman–Crippen MR) is 59.4 cm³/mol. The Labute approximate surface area is 95.1 Å². The minimum Gasteiger partial charge on any atom is -0.381 e. The molecule has 2 atom stereocenters. The number of hydrogen-bond donors (Lipinski definition) is 2. The molecule has 1 aromatic rings. The number of rotatable bonds is 4. The van der Waals surface area contributed by atoms with Gasteiger partial charge in [-0.25, -0.2) is 0 Å². The van der Waals surface area contributed by atoms with E-state index in [1.165, 1.54) is 0 Å². The number of nitrogens with zero attached hydrogens (tertiary/aromatic N) is 3. The Hall–Kier alpha value is -0.980. The fourth-order valence-corrected chi connectivity index (χ4v) is 2.16. The van der Waals surface area contributed by atoms with E-state index in [0.717, 1.165) is 38.2 Å². The SMILES string of the molecule is Cn1cc(CC(NN)C2CCCOC2)nn1. The van der Waals surface area contributed by atoms with E-state index in [-0.39, 0.29) is 6.04 Å². The number of nitrogens with two attached hydrogens (primary N) is 1. The summed E-state index contributed by atoms with van der Waals surface area (Å²) in [5.74, 6) is 6.07. The van der Waals surface area contributed by atoms with E-state index in [1.54, 1.807) is 4.68 Å². The fraction of sp³-hybridized carbons (Fsp3) is 0.800. The van der Waals surface area contributed by atoms with Crippen LogP contribution in [0.4, 0.5) is 0 Å². The van der Waals surface area contributed by atoms with Crippen LogP contribution in [-0.2, 0) is 18.2 Å². The molecule has 90 valence electrons. The molecule has 3 N–H and O–H groups in total. The van der Waals surface area contributed by atoms with Crippen molar-refractivity contribution < 1.29 is 4.74 Å². The molecule has 6 nitrogen and oxygen atoms in total. The molecule has 1 saturated heterocycles. The predicted octanol–water partition coefficient (Wildman–Crippen LogP) is -0.384. The molecule has 2 unspecified atom stereocenters. The first kappa shape index (κ1) is 11.5. The van der Waals surface area contributed by atoms with Crippen molar-refractivity contribution in [3.05, 3.63) is 11.9 Å². The Balaban J connectivity index is 1.94. The Morgan fingerprint density at radius 2 is 2.62 bits per heavy atom. The molecule has 6 heteroatoms. The zero-order valence-electron chi connectivity index (χ0n) is 9.59. The summed E-state index contributed by atoms with van der Waals surface area (Å²) in [6.45, 7) is 1.66. The monoisotopic (exact) mass is 225 g/mol. The van der Waals surface area contributed by atoms with Crippen LogP contribution in [0.2, 0.25) is 0 Å². The van der Waals surface area contributed by atoms with E-state index in [0.29, 0.717) is 5.92 Å². The topological polar surface area (TPSA) is 78.0 Å². The lowest BCUT2D eigenvalue weighted by Gasteiger charge is -2.29. The molecular weight excluding hydrogens is 206 g/mol. The molecule has 0 spiro atoms. The molecule has 0 aromatic carbocycles. The molecule has 1 aliphatic heterocycles. The van der Waals surface area contributed by atoms with Crippen molar-refractivity contribution in [2.24, 2.45) is 18.8 Å². The second-order valence-electron chi connectivity index (χ2n) is 4.34. The minimum atomic E-state index is 0.219. The highest BCUT2D eigenvalue weighted by molar-refractivity contribution is 4.97. The molecular formula is C10H19N5O. The third-order valence-electron chi connectivity index (χ3n) is 3.06. The molecule has 0 amide bonds. The van der Waals surface area contributed by atoms with Crippen LogP contribution in [0.25, 0.3) is 0 Å². The lowest BCUT2D eigenvalue weighted by atomic mass is 9.91. The van der Waals surface area contributed by atoms with Gasteiger partial charge >= 0.3 is 0 Å². The van der Waals surface area contributed by atoms with Crippen molar-refractivity contribution in [3.8, 4) is 0 Å². The van der Waals surface area contributed by atoms with E-state index < -0.39 is 0 Å². The normalized spacial score (nSPS) is 23.2. The number of aryl methyl sites for hydroxylation is 1. The molecule has 1 fully saturated rings. The average Bonchev–Trinajstić information content (AvgIpc) is 2.73. The molecule has 0 saturated carbocycles. The third kappa shape index (κ3) is 2.78. The summed E-state index contributed by atoms with van der Waals surface area (Å²) < 4.78 is 7.18. The van der Waals surface area contributed by atoms with E-state index in [4.69, 9.17) is 10.6 Å². The second kappa shape index (κ2) is 5.38. The van der Waals surface area contributed by atoms with Crippen LogP contribution in [0.1, 0.15) is 18.5 Å². The summed E-state index contributed by atoms with van der Waals surface area (Å²) in [5.41, 5.74) is 3.84. The molecule has 0 radical (unpaired) electrons. The Morgan fingerprint density at radius 1 is 1.75 bits per heavy atom. The smallest absolute Gasteiger partial charge is 0.0843 e. The van der Waals surface area contributed by atoms with Gasteiger partial charge in [-0.05, 0) is 18.8 Å². The maximum Gasteiger partial charge on any atom is 0.0843 e. The van der Waals surface area contributed by atoms with Crippen molar-refractivity contribution in [1.82, 2.24) is 20.4 Å². The van der Waals surface area contributed by atoms with Crippen molar-refractivity contribution >= 4 is 0 Å². The first-order valence-corrected chi connectivity index (χ1v) is 5.68. The quantitative estimate of drug-likeness (QED) is 0.539. The maximum absolute atomic E-state index is 5.60. The minimum absolute atomic E-state index is 0.219. The molecule has 16 heavy (non-hydrogen) atoms. The number of ether oxygens (including phenoxy) is 1. The van der Waals surface area contributed by atoms with Crippen LogP contribution in [0.5, 0.6) is 0 Å². The number of aromatic nitrogens is 3. The highest BCUT2D eigenvalue weighted by Crippen LogP contribution is 2.19.